The summed E-state index contributed by atoms with van der Waals surface area (Å²) in [4.78, 5) is 12.7. The number of aldehydes is 1. The van der Waals surface area contributed by atoms with Crippen LogP contribution in [-0.2, 0) is 4.74 Å². The molecule has 4 heteroatoms. The van der Waals surface area contributed by atoms with Crippen LogP contribution in [-0.4, -0.2) is 32.6 Å². The molecule has 98 valence electrons. The van der Waals surface area contributed by atoms with Crippen molar-refractivity contribution in [2.75, 3.05) is 25.1 Å². The van der Waals surface area contributed by atoms with E-state index >= 15 is 0 Å². The third-order valence-corrected chi connectivity index (χ3v) is 3.23. The number of ether oxygens (including phenoxy) is 1. The molecule has 1 fully saturated rings. The predicted octanol–water partition coefficient (Wildman–Crippen LogP) is 2.64. The maximum Gasteiger partial charge on any atom is 0.150 e. The Morgan fingerprint density at radius 2 is 2.28 bits per heavy atom. The van der Waals surface area contributed by atoms with E-state index in [1.54, 1.807) is 6.07 Å². The molecule has 0 saturated carbocycles. The average Bonchev–Trinajstić information content (AvgIpc) is 2.39. The molecule has 1 atom stereocenters. The number of likely N-dealkylation sites (N-methyl/N-ethyl adjacent to an activating group) is 1. The highest BCUT2D eigenvalue weighted by Gasteiger charge is 2.16. The van der Waals surface area contributed by atoms with Crippen molar-refractivity contribution >= 4 is 12.0 Å². The quantitative estimate of drug-likeness (QED) is 0.770. The number of nitrogens with zero attached hydrogens (tertiary/aromatic N) is 1. The van der Waals surface area contributed by atoms with Crippen molar-refractivity contribution in [1.82, 2.24) is 0 Å². The Hall–Kier alpha value is -1.42. The highest BCUT2D eigenvalue weighted by atomic mass is 19.1. The summed E-state index contributed by atoms with van der Waals surface area (Å²) in [5, 5.41) is 0. The van der Waals surface area contributed by atoms with Gasteiger partial charge < -0.3 is 9.64 Å². The van der Waals surface area contributed by atoms with Crippen LogP contribution in [0.15, 0.2) is 18.2 Å². The largest absolute Gasteiger partial charge is 0.376 e. The van der Waals surface area contributed by atoms with Gasteiger partial charge in [0, 0.05) is 31.5 Å². The predicted molar refractivity (Wildman–Crippen MR) is 68.6 cm³/mol. The van der Waals surface area contributed by atoms with Gasteiger partial charge >= 0.3 is 0 Å². The summed E-state index contributed by atoms with van der Waals surface area (Å²) in [5.74, 6) is -0.383. The van der Waals surface area contributed by atoms with E-state index in [-0.39, 0.29) is 11.9 Å². The first-order valence-electron chi connectivity index (χ1n) is 6.27. The second-order valence-corrected chi connectivity index (χ2v) is 4.73. The number of benzene rings is 1. The molecule has 1 aliphatic heterocycles. The smallest absolute Gasteiger partial charge is 0.150 e. The summed E-state index contributed by atoms with van der Waals surface area (Å²) in [7, 11) is 1.89. The van der Waals surface area contributed by atoms with Crippen LogP contribution >= 0.6 is 0 Å². The van der Waals surface area contributed by atoms with Crippen molar-refractivity contribution in [3.05, 3.63) is 29.6 Å². The minimum absolute atomic E-state index is 0.201. The molecule has 1 heterocycles. The molecule has 0 aromatic heterocycles. The van der Waals surface area contributed by atoms with Crippen LogP contribution in [0.4, 0.5) is 10.1 Å². The first kappa shape index (κ1) is 13.0. The van der Waals surface area contributed by atoms with Crippen LogP contribution in [0.3, 0.4) is 0 Å². The molecule has 0 spiro atoms. The summed E-state index contributed by atoms with van der Waals surface area (Å²) in [6, 6.07) is 4.37. The number of carbonyl (C=O) groups excluding carboxylic acids is 1. The molecule has 0 bridgehead atoms. The van der Waals surface area contributed by atoms with Gasteiger partial charge in [-0.25, -0.2) is 4.39 Å². The molecule has 0 amide bonds. The molecule has 1 aromatic rings. The second-order valence-electron chi connectivity index (χ2n) is 4.73. The minimum Gasteiger partial charge on any atom is -0.376 e. The zero-order chi connectivity index (χ0) is 13.0. The van der Waals surface area contributed by atoms with E-state index in [9.17, 15) is 9.18 Å². The molecule has 1 unspecified atom stereocenters. The lowest BCUT2D eigenvalue weighted by Gasteiger charge is -2.28. The first-order chi connectivity index (χ1) is 8.69. The molecule has 1 aromatic carbocycles. The van der Waals surface area contributed by atoms with Gasteiger partial charge in [-0.15, -0.1) is 0 Å². The molecule has 1 aliphatic rings. The van der Waals surface area contributed by atoms with Gasteiger partial charge in [-0.3, -0.25) is 4.79 Å². The highest BCUT2D eigenvalue weighted by molar-refractivity contribution is 5.77. The maximum atomic E-state index is 13.3. The van der Waals surface area contributed by atoms with E-state index in [0.717, 1.165) is 26.0 Å². The second kappa shape index (κ2) is 5.96. The highest BCUT2D eigenvalue weighted by Crippen LogP contribution is 2.20. The molecule has 0 aliphatic carbocycles. The lowest BCUT2D eigenvalue weighted by molar-refractivity contribution is 0.0216. The van der Waals surface area contributed by atoms with Gasteiger partial charge in [0.25, 0.3) is 0 Å². The third kappa shape index (κ3) is 3.29. The van der Waals surface area contributed by atoms with E-state index in [1.807, 2.05) is 11.9 Å². The number of halogens is 1. The third-order valence-electron chi connectivity index (χ3n) is 3.23. The standard InChI is InChI=1S/C14H18FNO2/c1-16(9-14-4-2-3-5-18-14)13-7-11(10-17)6-12(15)8-13/h6-8,10,14H,2-5,9H2,1H3. The summed E-state index contributed by atoms with van der Waals surface area (Å²) >= 11 is 0. The number of anilines is 1. The van der Waals surface area contributed by atoms with E-state index in [4.69, 9.17) is 4.74 Å². The fraction of sp³-hybridized carbons (Fsp3) is 0.500. The number of rotatable bonds is 4. The Morgan fingerprint density at radius 1 is 1.44 bits per heavy atom. The van der Waals surface area contributed by atoms with Gasteiger partial charge in [-0.2, -0.15) is 0 Å². The van der Waals surface area contributed by atoms with Crippen LogP contribution in [0, 0.1) is 5.82 Å². The molecule has 1 saturated heterocycles. The summed E-state index contributed by atoms with van der Waals surface area (Å²) in [6.07, 6.45) is 4.21. The molecule has 0 radical (unpaired) electrons. The Bertz CT molecular complexity index is 416. The maximum absolute atomic E-state index is 13.3. The van der Waals surface area contributed by atoms with E-state index in [1.165, 1.54) is 18.6 Å². The fourth-order valence-electron chi connectivity index (χ4n) is 2.25. The van der Waals surface area contributed by atoms with E-state index < -0.39 is 0 Å². The molecule has 18 heavy (non-hydrogen) atoms. The van der Waals surface area contributed by atoms with Gasteiger partial charge in [-0.1, -0.05) is 0 Å². The van der Waals surface area contributed by atoms with Crippen molar-refractivity contribution in [1.29, 1.82) is 0 Å². The molecule has 3 nitrogen and oxygen atoms in total. The summed E-state index contributed by atoms with van der Waals surface area (Å²) in [6.45, 7) is 1.53. The van der Waals surface area contributed by atoms with Gasteiger partial charge in [0.05, 0.1) is 6.10 Å². The van der Waals surface area contributed by atoms with Crippen molar-refractivity contribution in [2.45, 2.75) is 25.4 Å². The van der Waals surface area contributed by atoms with E-state index in [2.05, 4.69) is 0 Å². The molecular weight excluding hydrogens is 233 g/mol. The lowest BCUT2D eigenvalue weighted by Crippen LogP contribution is -2.33. The number of hydrogen-bond donors (Lipinski definition) is 0. The van der Waals surface area contributed by atoms with Crippen LogP contribution in [0.25, 0.3) is 0 Å². The van der Waals surface area contributed by atoms with Crippen LogP contribution in [0.2, 0.25) is 0 Å². The van der Waals surface area contributed by atoms with Crippen molar-refractivity contribution in [2.24, 2.45) is 0 Å². The molecular formula is C14H18FNO2. The molecule has 0 N–H and O–H groups in total. The normalized spacial score (nSPS) is 19.6. The Labute approximate surface area is 107 Å². The summed E-state index contributed by atoms with van der Waals surface area (Å²) < 4.78 is 19.0. The van der Waals surface area contributed by atoms with Crippen LogP contribution < -0.4 is 4.90 Å². The Balaban J connectivity index is 2.05. The van der Waals surface area contributed by atoms with Crippen molar-refractivity contribution < 1.29 is 13.9 Å². The monoisotopic (exact) mass is 251 g/mol. The Morgan fingerprint density at radius 3 is 2.94 bits per heavy atom. The van der Waals surface area contributed by atoms with Gasteiger partial charge in [0.1, 0.15) is 12.1 Å². The first-order valence-corrected chi connectivity index (χ1v) is 6.27. The van der Waals surface area contributed by atoms with Crippen molar-refractivity contribution in [3.63, 3.8) is 0 Å². The zero-order valence-corrected chi connectivity index (χ0v) is 10.6. The van der Waals surface area contributed by atoms with Crippen LogP contribution in [0.1, 0.15) is 29.6 Å². The van der Waals surface area contributed by atoms with Gasteiger partial charge in [0.15, 0.2) is 0 Å². The number of hydrogen-bond acceptors (Lipinski definition) is 3. The zero-order valence-electron chi connectivity index (χ0n) is 10.6. The number of carbonyl (C=O) groups is 1. The van der Waals surface area contributed by atoms with Crippen LogP contribution in [0.5, 0.6) is 0 Å². The van der Waals surface area contributed by atoms with Crippen molar-refractivity contribution in [3.8, 4) is 0 Å². The van der Waals surface area contributed by atoms with E-state index in [0.29, 0.717) is 17.5 Å². The van der Waals surface area contributed by atoms with Gasteiger partial charge in [0.2, 0.25) is 0 Å². The summed E-state index contributed by atoms with van der Waals surface area (Å²) in [5.41, 5.74) is 1.08. The average molecular weight is 251 g/mol. The lowest BCUT2D eigenvalue weighted by atomic mass is 10.1. The minimum atomic E-state index is -0.383. The Kier molecular flexibility index (Phi) is 4.31. The topological polar surface area (TPSA) is 29.5 Å². The SMILES string of the molecule is CN(CC1CCCCO1)c1cc(F)cc(C=O)c1. The molecule has 2 rings (SSSR count). The van der Waals surface area contributed by atoms with Gasteiger partial charge in [-0.05, 0) is 37.5 Å². The fourth-order valence-corrected chi connectivity index (χ4v) is 2.25.